The van der Waals surface area contributed by atoms with E-state index in [0.717, 1.165) is 11.3 Å². The zero-order chi connectivity index (χ0) is 15.0. The molecule has 0 amide bonds. The van der Waals surface area contributed by atoms with E-state index in [1.807, 2.05) is 29.2 Å². The van der Waals surface area contributed by atoms with Crippen LogP contribution in [0.15, 0.2) is 42.5 Å². The van der Waals surface area contributed by atoms with Crippen molar-refractivity contribution < 1.29 is 14.3 Å². The van der Waals surface area contributed by atoms with Crippen LogP contribution in [0.25, 0.3) is 0 Å². The number of rotatable bonds is 3. The smallest absolute Gasteiger partial charge is 0.312 e. The maximum absolute atomic E-state index is 13.9. The van der Waals surface area contributed by atoms with Gasteiger partial charge in [-0.25, -0.2) is 4.39 Å². The van der Waals surface area contributed by atoms with E-state index in [0.29, 0.717) is 23.7 Å². The fourth-order valence-corrected chi connectivity index (χ4v) is 2.91. The topological polar surface area (TPSA) is 40.5 Å². The summed E-state index contributed by atoms with van der Waals surface area (Å²) in [7, 11) is 0. The first kappa shape index (κ1) is 13.9. The highest BCUT2D eigenvalue weighted by Gasteiger charge is 2.33. The van der Waals surface area contributed by atoms with Crippen molar-refractivity contribution in [1.29, 1.82) is 0 Å². The van der Waals surface area contributed by atoms with Crippen LogP contribution in [0.1, 0.15) is 17.0 Å². The van der Waals surface area contributed by atoms with Gasteiger partial charge in [0.1, 0.15) is 11.7 Å². The average molecular weight is 306 g/mol. The molecule has 1 atom stereocenters. The summed E-state index contributed by atoms with van der Waals surface area (Å²) in [6.07, 6.45) is 0. The van der Waals surface area contributed by atoms with Gasteiger partial charge in [0.15, 0.2) is 0 Å². The number of hydrogen-bond acceptors (Lipinski definition) is 2. The molecule has 0 saturated heterocycles. The van der Waals surface area contributed by atoms with Crippen LogP contribution in [-0.2, 0) is 11.3 Å². The summed E-state index contributed by atoms with van der Waals surface area (Å²) < 4.78 is 13.9. The number of carboxylic acids is 1. The predicted molar refractivity (Wildman–Crippen MR) is 79.3 cm³/mol. The van der Waals surface area contributed by atoms with Crippen molar-refractivity contribution in [2.24, 2.45) is 0 Å². The summed E-state index contributed by atoms with van der Waals surface area (Å²) in [6.45, 7) is 0.633. The fourth-order valence-electron chi connectivity index (χ4n) is 2.72. The molecule has 2 aromatic carbocycles. The van der Waals surface area contributed by atoms with Crippen molar-refractivity contribution in [3.05, 3.63) is 64.4 Å². The van der Waals surface area contributed by atoms with Gasteiger partial charge in [0.05, 0.1) is 0 Å². The van der Waals surface area contributed by atoms with Crippen molar-refractivity contribution in [3.8, 4) is 0 Å². The fraction of sp³-hybridized carbons (Fsp3) is 0.188. The molecule has 1 aliphatic heterocycles. The Morgan fingerprint density at radius 1 is 1.33 bits per heavy atom. The Morgan fingerprint density at radius 2 is 2.10 bits per heavy atom. The normalized spacial score (nSPS) is 16.9. The first-order valence-corrected chi connectivity index (χ1v) is 6.94. The van der Waals surface area contributed by atoms with Crippen molar-refractivity contribution in [3.63, 3.8) is 0 Å². The molecule has 0 bridgehead atoms. The second kappa shape index (κ2) is 5.37. The zero-order valence-corrected chi connectivity index (χ0v) is 11.8. The lowest BCUT2D eigenvalue weighted by Crippen LogP contribution is -2.24. The van der Waals surface area contributed by atoms with Crippen LogP contribution in [0.4, 0.5) is 10.1 Å². The number of anilines is 1. The van der Waals surface area contributed by atoms with Gasteiger partial charge in [-0.05, 0) is 29.8 Å². The molecule has 108 valence electrons. The Bertz CT molecular complexity index is 704. The summed E-state index contributed by atoms with van der Waals surface area (Å²) in [5.41, 5.74) is 2.07. The van der Waals surface area contributed by atoms with Crippen LogP contribution in [0.2, 0.25) is 5.02 Å². The molecule has 2 aromatic rings. The van der Waals surface area contributed by atoms with Gasteiger partial charge in [0.25, 0.3) is 0 Å². The maximum atomic E-state index is 13.9. The molecule has 5 heteroatoms. The molecule has 0 saturated carbocycles. The number of benzene rings is 2. The molecule has 1 unspecified atom stereocenters. The summed E-state index contributed by atoms with van der Waals surface area (Å²) in [5.74, 6) is -1.78. The maximum Gasteiger partial charge on any atom is 0.312 e. The standard InChI is InChI=1S/C16H13ClFNO2/c17-11-5-6-14(18)10(7-11)8-19-9-13(16(20)21)12-3-1-2-4-15(12)19/h1-7,13H,8-9H2,(H,20,21). The van der Waals surface area contributed by atoms with Gasteiger partial charge in [-0.15, -0.1) is 0 Å². The van der Waals surface area contributed by atoms with Crippen LogP contribution < -0.4 is 4.90 Å². The van der Waals surface area contributed by atoms with E-state index in [9.17, 15) is 14.3 Å². The van der Waals surface area contributed by atoms with Crippen molar-refractivity contribution in [2.45, 2.75) is 12.5 Å². The lowest BCUT2D eigenvalue weighted by Gasteiger charge is -2.20. The quantitative estimate of drug-likeness (QED) is 0.940. The van der Waals surface area contributed by atoms with Gasteiger partial charge in [-0.1, -0.05) is 29.8 Å². The molecule has 0 aliphatic carbocycles. The summed E-state index contributed by atoms with van der Waals surface area (Å²) in [5, 5.41) is 9.79. The second-order valence-electron chi connectivity index (χ2n) is 5.07. The number of nitrogens with zero attached hydrogens (tertiary/aromatic N) is 1. The van der Waals surface area contributed by atoms with Crippen LogP contribution in [0.3, 0.4) is 0 Å². The Hall–Kier alpha value is -2.07. The first-order chi connectivity index (χ1) is 10.1. The molecular formula is C16H13ClFNO2. The summed E-state index contributed by atoms with van der Waals surface area (Å²) in [4.78, 5) is 13.2. The molecule has 3 nitrogen and oxygen atoms in total. The van der Waals surface area contributed by atoms with Crippen LogP contribution >= 0.6 is 11.6 Å². The number of carbonyl (C=O) groups is 1. The lowest BCUT2D eigenvalue weighted by molar-refractivity contribution is -0.138. The van der Waals surface area contributed by atoms with E-state index in [-0.39, 0.29) is 5.82 Å². The molecule has 3 rings (SSSR count). The first-order valence-electron chi connectivity index (χ1n) is 6.57. The minimum Gasteiger partial charge on any atom is -0.481 e. The molecule has 1 aliphatic rings. The molecular weight excluding hydrogens is 293 g/mol. The number of carboxylic acid groups (broad SMARTS) is 1. The monoisotopic (exact) mass is 305 g/mol. The van der Waals surface area contributed by atoms with Gasteiger partial charge in [-0.3, -0.25) is 4.79 Å². The highest BCUT2D eigenvalue weighted by Crippen LogP contribution is 2.37. The van der Waals surface area contributed by atoms with Gasteiger partial charge in [-0.2, -0.15) is 0 Å². The molecule has 0 spiro atoms. The summed E-state index contributed by atoms with van der Waals surface area (Å²) >= 11 is 5.90. The minimum absolute atomic E-state index is 0.299. The second-order valence-corrected chi connectivity index (χ2v) is 5.50. The van der Waals surface area contributed by atoms with E-state index >= 15 is 0 Å². The van der Waals surface area contributed by atoms with E-state index in [4.69, 9.17) is 11.6 Å². The van der Waals surface area contributed by atoms with Gasteiger partial charge < -0.3 is 10.0 Å². The van der Waals surface area contributed by atoms with Crippen molar-refractivity contribution in [1.82, 2.24) is 0 Å². The molecule has 0 fully saturated rings. The van der Waals surface area contributed by atoms with Crippen molar-refractivity contribution in [2.75, 3.05) is 11.4 Å². The van der Waals surface area contributed by atoms with E-state index in [1.54, 1.807) is 6.07 Å². The predicted octanol–water partition coefficient (Wildman–Crippen LogP) is 3.67. The third kappa shape index (κ3) is 2.59. The average Bonchev–Trinajstić information content (AvgIpc) is 2.82. The molecule has 1 N–H and O–H groups in total. The van der Waals surface area contributed by atoms with Gasteiger partial charge in [0, 0.05) is 29.4 Å². The van der Waals surface area contributed by atoms with Crippen LogP contribution in [-0.4, -0.2) is 17.6 Å². The minimum atomic E-state index is -0.864. The Balaban J connectivity index is 1.94. The SMILES string of the molecule is O=C(O)C1CN(Cc2cc(Cl)ccc2F)c2ccccc21. The highest BCUT2D eigenvalue weighted by molar-refractivity contribution is 6.30. The van der Waals surface area contributed by atoms with Crippen molar-refractivity contribution >= 4 is 23.3 Å². The van der Waals surface area contributed by atoms with Gasteiger partial charge in [0.2, 0.25) is 0 Å². The van der Waals surface area contributed by atoms with Crippen LogP contribution in [0.5, 0.6) is 0 Å². The Morgan fingerprint density at radius 3 is 2.86 bits per heavy atom. The number of hydrogen-bond donors (Lipinski definition) is 1. The van der Waals surface area contributed by atoms with Crippen LogP contribution in [0, 0.1) is 5.82 Å². The molecule has 1 heterocycles. The van der Waals surface area contributed by atoms with E-state index < -0.39 is 11.9 Å². The summed E-state index contributed by atoms with van der Waals surface area (Å²) in [6, 6.07) is 11.7. The number of aliphatic carboxylic acids is 1. The van der Waals surface area contributed by atoms with E-state index in [1.165, 1.54) is 12.1 Å². The number of para-hydroxylation sites is 1. The Labute approximate surface area is 126 Å². The molecule has 0 radical (unpaired) electrons. The molecule has 0 aromatic heterocycles. The zero-order valence-electron chi connectivity index (χ0n) is 11.1. The lowest BCUT2D eigenvalue weighted by atomic mass is 10.0. The molecule has 21 heavy (non-hydrogen) atoms. The highest BCUT2D eigenvalue weighted by atomic mass is 35.5. The number of fused-ring (bicyclic) bond motifs is 1. The largest absolute Gasteiger partial charge is 0.481 e. The number of halogens is 2. The van der Waals surface area contributed by atoms with E-state index in [2.05, 4.69) is 0 Å². The Kier molecular flexibility index (Phi) is 3.55. The third-order valence-electron chi connectivity index (χ3n) is 3.72. The third-order valence-corrected chi connectivity index (χ3v) is 3.96. The van der Waals surface area contributed by atoms with Gasteiger partial charge >= 0.3 is 5.97 Å².